The lowest BCUT2D eigenvalue weighted by Crippen LogP contribution is -2.29. The Labute approximate surface area is 150 Å². The summed E-state index contributed by atoms with van der Waals surface area (Å²) in [6.07, 6.45) is 2.39. The molecule has 0 radical (unpaired) electrons. The molecule has 1 aromatic carbocycles. The van der Waals surface area contributed by atoms with Crippen molar-refractivity contribution in [3.63, 3.8) is 0 Å². The van der Waals surface area contributed by atoms with Gasteiger partial charge in [-0.15, -0.1) is 0 Å². The van der Waals surface area contributed by atoms with Crippen molar-refractivity contribution >= 4 is 34.9 Å². The molecule has 5 nitrogen and oxygen atoms in total. The van der Waals surface area contributed by atoms with Crippen LogP contribution in [0.15, 0.2) is 36.5 Å². The highest BCUT2D eigenvalue weighted by Gasteiger charge is 2.33. The van der Waals surface area contributed by atoms with E-state index in [9.17, 15) is 4.79 Å². The van der Waals surface area contributed by atoms with Crippen LogP contribution in [-0.2, 0) is 0 Å². The summed E-state index contributed by atoms with van der Waals surface area (Å²) in [5.41, 5.74) is 6.73. The van der Waals surface area contributed by atoms with Gasteiger partial charge in [0.15, 0.2) is 0 Å². The zero-order valence-corrected chi connectivity index (χ0v) is 14.7. The number of hydrogen-bond donors (Lipinski definition) is 2. The highest BCUT2D eigenvalue weighted by atomic mass is 35.5. The van der Waals surface area contributed by atoms with E-state index in [0.29, 0.717) is 16.4 Å². The number of carbonyl (C=O) groups excluding carboxylic acids is 1. The molecule has 2 atom stereocenters. The Balaban J connectivity index is 1.83. The number of primary amides is 1. The molecule has 24 heavy (non-hydrogen) atoms. The number of nitrogens with zero attached hydrogens (tertiary/aromatic N) is 2. The lowest BCUT2D eigenvalue weighted by atomic mass is 10.0. The third-order valence-corrected chi connectivity index (χ3v) is 4.85. The number of anilines is 1. The average molecular weight is 365 g/mol. The fraction of sp³-hybridized carbons (Fsp3) is 0.294. The van der Waals surface area contributed by atoms with Crippen molar-refractivity contribution in [3.05, 3.63) is 57.7 Å². The lowest BCUT2D eigenvalue weighted by Gasteiger charge is -2.27. The quantitative estimate of drug-likeness (QED) is 0.872. The first kappa shape index (κ1) is 17.0. The Morgan fingerprint density at radius 2 is 2.04 bits per heavy atom. The molecule has 2 unspecified atom stereocenters. The standard InChI is InChI=1S/C17H18Cl2N4O/c1-23-7-6-14(15(23)10-2-4-12(18)5-3-10)22-17-13(19)8-11(9-21-17)16(20)24/h2-5,8-9,14-15H,6-7H2,1H3,(H2,20,24)(H,21,22). The summed E-state index contributed by atoms with van der Waals surface area (Å²) in [7, 11) is 2.09. The topological polar surface area (TPSA) is 71.2 Å². The first-order valence-corrected chi connectivity index (χ1v) is 8.39. The number of benzene rings is 1. The van der Waals surface area contributed by atoms with Crippen LogP contribution in [0.2, 0.25) is 10.0 Å². The van der Waals surface area contributed by atoms with Gasteiger partial charge in [0.05, 0.1) is 16.6 Å². The highest BCUT2D eigenvalue weighted by Crippen LogP contribution is 2.34. The maximum atomic E-state index is 11.2. The monoisotopic (exact) mass is 364 g/mol. The number of carbonyl (C=O) groups is 1. The number of hydrogen-bond acceptors (Lipinski definition) is 4. The molecule has 1 amide bonds. The third kappa shape index (κ3) is 3.48. The molecule has 0 saturated carbocycles. The summed E-state index contributed by atoms with van der Waals surface area (Å²) in [6.45, 7) is 0.960. The zero-order chi connectivity index (χ0) is 17.3. The van der Waals surface area contributed by atoms with Crippen LogP contribution >= 0.6 is 23.2 Å². The van der Waals surface area contributed by atoms with Gasteiger partial charge in [0.1, 0.15) is 5.82 Å². The van der Waals surface area contributed by atoms with E-state index in [-0.39, 0.29) is 12.1 Å². The average Bonchev–Trinajstić information content (AvgIpc) is 2.91. The van der Waals surface area contributed by atoms with Crippen LogP contribution in [-0.4, -0.2) is 35.4 Å². The molecule has 1 aliphatic heterocycles. The van der Waals surface area contributed by atoms with Gasteiger partial charge in [0.25, 0.3) is 0 Å². The van der Waals surface area contributed by atoms with Crippen molar-refractivity contribution in [2.24, 2.45) is 5.73 Å². The Morgan fingerprint density at radius 3 is 2.67 bits per heavy atom. The van der Waals surface area contributed by atoms with Gasteiger partial charge in [-0.05, 0) is 37.2 Å². The second-order valence-electron chi connectivity index (χ2n) is 5.94. The number of likely N-dealkylation sites (N-methyl/N-ethyl adjacent to an activating group) is 1. The van der Waals surface area contributed by atoms with Crippen LogP contribution in [0.4, 0.5) is 5.82 Å². The van der Waals surface area contributed by atoms with Crippen LogP contribution in [0.1, 0.15) is 28.4 Å². The summed E-state index contributed by atoms with van der Waals surface area (Å²) in [4.78, 5) is 17.7. The second kappa shape index (κ2) is 6.97. The summed E-state index contributed by atoms with van der Waals surface area (Å²) < 4.78 is 0. The first-order valence-electron chi connectivity index (χ1n) is 7.63. The van der Waals surface area contributed by atoms with Gasteiger partial charge in [-0.25, -0.2) is 4.98 Å². The largest absolute Gasteiger partial charge is 0.366 e. The molecule has 2 heterocycles. The van der Waals surface area contributed by atoms with E-state index in [0.717, 1.165) is 18.0 Å². The zero-order valence-electron chi connectivity index (χ0n) is 13.2. The van der Waals surface area contributed by atoms with Crippen molar-refractivity contribution in [3.8, 4) is 0 Å². The van der Waals surface area contributed by atoms with Gasteiger partial charge < -0.3 is 11.1 Å². The Morgan fingerprint density at radius 1 is 1.33 bits per heavy atom. The third-order valence-electron chi connectivity index (χ3n) is 4.31. The van der Waals surface area contributed by atoms with Crippen LogP contribution in [0.5, 0.6) is 0 Å². The van der Waals surface area contributed by atoms with E-state index in [1.807, 2.05) is 24.3 Å². The van der Waals surface area contributed by atoms with Gasteiger partial charge in [-0.2, -0.15) is 0 Å². The summed E-state index contributed by atoms with van der Waals surface area (Å²) in [6, 6.07) is 9.75. The van der Waals surface area contributed by atoms with Crippen LogP contribution in [0.25, 0.3) is 0 Å². The van der Waals surface area contributed by atoms with Gasteiger partial charge in [-0.3, -0.25) is 9.69 Å². The predicted octanol–water partition coefficient (Wildman–Crippen LogP) is 3.34. The number of amides is 1. The molecule has 0 aliphatic carbocycles. The molecular formula is C17H18Cl2N4O. The molecule has 3 N–H and O–H groups in total. The summed E-state index contributed by atoms with van der Waals surface area (Å²) in [5.74, 6) is 0.0107. The van der Waals surface area contributed by atoms with Gasteiger partial charge in [0, 0.05) is 23.8 Å². The summed E-state index contributed by atoms with van der Waals surface area (Å²) in [5, 5.41) is 4.50. The Hall–Kier alpha value is -1.82. The number of likely N-dealkylation sites (tertiary alicyclic amines) is 1. The van der Waals surface area contributed by atoms with E-state index in [2.05, 4.69) is 22.2 Å². The molecule has 126 valence electrons. The normalized spacial score (nSPS) is 21.0. The molecule has 1 aliphatic rings. The van der Waals surface area contributed by atoms with Crippen LogP contribution < -0.4 is 11.1 Å². The molecule has 0 bridgehead atoms. The molecule has 2 aromatic rings. The maximum Gasteiger partial charge on any atom is 0.250 e. The molecule has 1 saturated heterocycles. The second-order valence-corrected chi connectivity index (χ2v) is 6.78. The van der Waals surface area contributed by atoms with E-state index >= 15 is 0 Å². The molecule has 1 aromatic heterocycles. The molecular weight excluding hydrogens is 347 g/mol. The number of halogens is 2. The maximum absolute atomic E-state index is 11.2. The van der Waals surface area contributed by atoms with E-state index in [1.165, 1.54) is 17.8 Å². The van der Waals surface area contributed by atoms with E-state index in [4.69, 9.17) is 28.9 Å². The van der Waals surface area contributed by atoms with Crippen molar-refractivity contribution in [1.82, 2.24) is 9.88 Å². The first-order chi connectivity index (χ1) is 11.5. The van der Waals surface area contributed by atoms with E-state index < -0.39 is 5.91 Å². The Bertz CT molecular complexity index is 751. The Kier molecular flexibility index (Phi) is 4.94. The highest BCUT2D eigenvalue weighted by molar-refractivity contribution is 6.33. The number of nitrogens with two attached hydrogens (primary N) is 1. The lowest BCUT2D eigenvalue weighted by molar-refractivity contribution is 0.1000. The van der Waals surface area contributed by atoms with E-state index in [1.54, 1.807) is 0 Å². The minimum absolute atomic E-state index is 0.153. The van der Waals surface area contributed by atoms with Crippen molar-refractivity contribution in [2.75, 3.05) is 18.9 Å². The van der Waals surface area contributed by atoms with Crippen LogP contribution in [0, 0.1) is 0 Å². The molecule has 7 heteroatoms. The van der Waals surface area contributed by atoms with Gasteiger partial charge in [0.2, 0.25) is 5.91 Å². The van der Waals surface area contributed by atoms with Crippen molar-refractivity contribution in [1.29, 1.82) is 0 Å². The minimum Gasteiger partial charge on any atom is -0.366 e. The fourth-order valence-electron chi connectivity index (χ4n) is 3.10. The van der Waals surface area contributed by atoms with Crippen molar-refractivity contribution in [2.45, 2.75) is 18.5 Å². The molecule has 0 spiro atoms. The fourth-order valence-corrected chi connectivity index (χ4v) is 3.45. The smallest absolute Gasteiger partial charge is 0.250 e. The molecule has 3 rings (SSSR count). The SMILES string of the molecule is CN1CCC(Nc2ncc(C(N)=O)cc2Cl)C1c1ccc(Cl)cc1. The summed E-state index contributed by atoms with van der Waals surface area (Å²) >= 11 is 12.2. The van der Waals surface area contributed by atoms with Crippen molar-refractivity contribution < 1.29 is 4.79 Å². The number of nitrogens with one attached hydrogen (secondary N) is 1. The predicted molar refractivity (Wildman–Crippen MR) is 96.6 cm³/mol. The van der Waals surface area contributed by atoms with Gasteiger partial charge in [-0.1, -0.05) is 35.3 Å². The number of rotatable bonds is 4. The number of pyridine rings is 1. The molecule has 1 fully saturated rings. The minimum atomic E-state index is -0.546. The van der Waals surface area contributed by atoms with Crippen LogP contribution in [0.3, 0.4) is 0 Å². The number of aromatic nitrogens is 1. The van der Waals surface area contributed by atoms with Gasteiger partial charge >= 0.3 is 0 Å².